The lowest BCUT2D eigenvalue weighted by molar-refractivity contribution is -0.137. The van der Waals surface area contributed by atoms with Crippen LogP contribution in [0.2, 0.25) is 0 Å². The van der Waals surface area contributed by atoms with Crippen molar-refractivity contribution in [3.05, 3.63) is 66.5 Å². The molecule has 0 saturated heterocycles. The Morgan fingerprint density at radius 2 is 1.72 bits per heavy atom. The highest BCUT2D eigenvalue weighted by atomic mass is 32.2. The van der Waals surface area contributed by atoms with Crippen LogP contribution in [0.4, 0.5) is 24.7 Å². The highest BCUT2D eigenvalue weighted by molar-refractivity contribution is 7.84. The Labute approximate surface area is 165 Å². The Hall–Kier alpha value is -3.27. The molecule has 0 saturated carbocycles. The molecule has 29 heavy (non-hydrogen) atoms. The van der Waals surface area contributed by atoms with Gasteiger partial charge < -0.3 is 5.32 Å². The van der Waals surface area contributed by atoms with Crippen LogP contribution in [0.3, 0.4) is 0 Å². The summed E-state index contributed by atoms with van der Waals surface area (Å²) in [5, 5.41) is 3.26. The summed E-state index contributed by atoms with van der Waals surface area (Å²) >= 11 is 0. The number of alkyl halides is 3. The maximum atomic E-state index is 12.7. The summed E-state index contributed by atoms with van der Waals surface area (Å²) in [5.41, 5.74) is 1.08. The number of nitrogens with one attached hydrogen (secondary N) is 1. The minimum absolute atomic E-state index is 0.326. The van der Waals surface area contributed by atoms with Gasteiger partial charge in [-0.3, -0.25) is 13.8 Å². The normalized spacial score (nSPS) is 12.8. The molecule has 0 aliphatic carbocycles. The number of imidazole rings is 1. The summed E-state index contributed by atoms with van der Waals surface area (Å²) in [6.45, 7) is 0. The maximum absolute atomic E-state index is 12.7. The number of hydrogen-bond donors (Lipinski definition) is 1. The molecular formula is C19H14F3N5OS. The SMILES string of the molecule is CS(=O)c1nc2ccccc2n1-c1cncc(Nc2ccc(C(F)(F)F)cc2)n1. The van der Waals surface area contributed by atoms with Crippen LogP contribution in [0.1, 0.15) is 5.56 Å². The lowest BCUT2D eigenvalue weighted by Gasteiger charge is -2.11. The predicted octanol–water partition coefficient (Wildman–Crippen LogP) is 4.32. The Bertz CT molecular complexity index is 1200. The van der Waals surface area contributed by atoms with E-state index in [1.54, 1.807) is 10.6 Å². The number of nitrogens with zero attached hydrogens (tertiary/aromatic N) is 4. The van der Waals surface area contributed by atoms with Gasteiger partial charge in [-0.05, 0) is 36.4 Å². The van der Waals surface area contributed by atoms with E-state index in [9.17, 15) is 17.4 Å². The third-order valence-electron chi connectivity index (χ3n) is 4.12. The summed E-state index contributed by atoms with van der Waals surface area (Å²) in [5.74, 6) is 0.716. The average Bonchev–Trinajstić information content (AvgIpc) is 3.08. The highest BCUT2D eigenvalue weighted by Crippen LogP contribution is 2.30. The van der Waals surface area contributed by atoms with Gasteiger partial charge in [0.2, 0.25) is 5.16 Å². The number of aromatic nitrogens is 4. The van der Waals surface area contributed by atoms with E-state index in [-0.39, 0.29) is 0 Å². The summed E-state index contributed by atoms with van der Waals surface area (Å²) in [7, 11) is -1.37. The van der Waals surface area contributed by atoms with Crippen molar-refractivity contribution in [2.75, 3.05) is 11.6 Å². The van der Waals surface area contributed by atoms with Gasteiger partial charge in [0.15, 0.2) is 11.6 Å². The van der Waals surface area contributed by atoms with Gasteiger partial charge in [-0.1, -0.05) is 12.1 Å². The first-order valence-electron chi connectivity index (χ1n) is 8.40. The summed E-state index contributed by atoms with van der Waals surface area (Å²) in [6, 6.07) is 11.9. The first-order chi connectivity index (χ1) is 13.8. The van der Waals surface area contributed by atoms with Crippen LogP contribution in [0, 0.1) is 0 Å². The molecule has 10 heteroatoms. The van der Waals surface area contributed by atoms with E-state index in [1.165, 1.54) is 30.8 Å². The van der Waals surface area contributed by atoms with Gasteiger partial charge in [-0.2, -0.15) is 13.2 Å². The third-order valence-corrected chi connectivity index (χ3v) is 4.91. The Balaban J connectivity index is 1.71. The van der Waals surface area contributed by atoms with Gasteiger partial charge in [-0.15, -0.1) is 0 Å². The molecule has 0 radical (unpaired) electrons. The van der Waals surface area contributed by atoms with Crippen molar-refractivity contribution in [3.8, 4) is 5.82 Å². The van der Waals surface area contributed by atoms with E-state index in [0.29, 0.717) is 28.0 Å². The fourth-order valence-electron chi connectivity index (χ4n) is 2.83. The first-order valence-corrected chi connectivity index (χ1v) is 9.96. The standard InChI is InChI=1S/C19H14F3N5OS/c1-29(28)18-25-14-4-2-3-5-15(14)27(18)17-11-23-10-16(26-17)24-13-8-6-12(7-9-13)19(20,21)22/h2-11H,1H3,(H,24,26). The quantitative estimate of drug-likeness (QED) is 0.536. The zero-order valence-corrected chi connectivity index (χ0v) is 15.8. The minimum atomic E-state index is -4.40. The van der Waals surface area contributed by atoms with Crippen LogP contribution in [0.25, 0.3) is 16.9 Å². The summed E-state index contributed by atoms with van der Waals surface area (Å²) < 4.78 is 52.0. The number of fused-ring (bicyclic) bond motifs is 1. The molecule has 4 aromatic rings. The fraction of sp³-hybridized carbons (Fsp3) is 0.105. The molecule has 0 fully saturated rings. The number of anilines is 2. The van der Waals surface area contributed by atoms with Crippen molar-refractivity contribution in [1.29, 1.82) is 0 Å². The van der Waals surface area contributed by atoms with Crippen molar-refractivity contribution < 1.29 is 17.4 Å². The smallest absolute Gasteiger partial charge is 0.339 e. The van der Waals surface area contributed by atoms with E-state index >= 15 is 0 Å². The van der Waals surface area contributed by atoms with Crippen LogP contribution < -0.4 is 5.32 Å². The Morgan fingerprint density at radius 3 is 2.41 bits per heavy atom. The molecule has 0 spiro atoms. The zero-order valence-electron chi connectivity index (χ0n) is 15.0. The van der Waals surface area contributed by atoms with E-state index < -0.39 is 22.5 Å². The van der Waals surface area contributed by atoms with Crippen LogP contribution in [-0.4, -0.2) is 30.0 Å². The van der Waals surface area contributed by atoms with Crippen molar-refractivity contribution in [1.82, 2.24) is 19.5 Å². The van der Waals surface area contributed by atoms with Crippen molar-refractivity contribution in [2.45, 2.75) is 11.3 Å². The molecule has 6 nitrogen and oxygen atoms in total. The molecule has 4 rings (SSSR count). The monoisotopic (exact) mass is 417 g/mol. The molecule has 1 N–H and O–H groups in total. The zero-order chi connectivity index (χ0) is 20.6. The summed E-state index contributed by atoms with van der Waals surface area (Å²) in [6.07, 6.45) is 0.0770. The van der Waals surface area contributed by atoms with E-state index in [2.05, 4.69) is 20.3 Å². The van der Waals surface area contributed by atoms with Gasteiger partial charge in [0.1, 0.15) is 0 Å². The molecule has 1 atom stereocenters. The average molecular weight is 417 g/mol. The predicted molar refractivity (Wildman–Crippen MR) is 104 cm³/mol. The van der Waals surface area contributed by atoms with Crippen molar-refractivity contribution in [3.63, 3.8) is 0 Å². The van der Waals surface area contributed by atoms with Gasteiger partial charge in [0, 0.05) is 11.9 Å². The number of hydrogen-bond acceptors (Lipinski definition) is 5. The molecule has 148 valence electrons. The minimum Gasteiger partial charge on any atom is -0.339 e. The van der Waals surface area contributed by atoms with Gasteiger partial charge >= 0.3 is 6.18 Å². The largest absolute Gasteiger partial charge is 0.416 e. The molecule has 2 aromatic carbocycles. The maximum Gasteiger partial charge on any atom is 0.416 e. The Morgan fingerprint density at radius 1 is 1.00 bits per heavy atom. The van der Waals surface area contributed by atoms with E-state index in [0.717, 1.165) is 17.6 Å². The van der Waals surface area contributed by atoms with Gasteiger partial charge in [0.25, 0.3) is 0 Å². The third kappa shape index (κ3) is 3.83. The lowest BCUT2D eigenvalue weighted by atomic mass is 10.2. The van der Waals surface area contributed by atoms with E-state index in [4.69, 9.17) is 0 Å². The van der Waals surface area contributed by atoms with Crippen LogP contribution in [0.5, 0.6) is 0 Å². The molecule has 0 aliphatic heterocycles. The van der Waals surface area contributed by atoms with Crippen LogP contribution >= 0.6 is 0 Å². The van der Waals surface area contributed by atoms with Crippen LogP contribution in [-0.2, 0) is 17.0 Å². The molecule has 0 aliphatic rings. The molecule has 0 amide bonds. The summed E-state index contributed by atoms with van der Waals surface area (Å²) in [4.78, 5) is 13.0. The second-order valence-corrected chi connectivity index (χ2v) is 7.41. The number of benzene rings is 2. The van der Waals surface area contributed by atoms with Gasteiger partial charge in [0.05, 0.1) is 39.8 Å². The highest BCUT2D eigenvalue weighted by Gasteiger charge is 2.29. The van der Waals surface area contributed by atoms with Crippen LogP contribution in [0.15, 0.2) is 66.1 Å². The fourth-order valence-corrected chi connectivity index (χ4v) is 3.51. The van der Waals surface area contributed by atoms with E-state index in [1.807, 2.05) is 18.2 Å². The lowest BCUT2D eigenvalue weighted by Crippen LogP contribution is -2.07. The second kappa shape index (κ2) is 7.28. The van der Waals surface area contributed by atoms with Gasteiger partial charge in [-0.25, -0.2) is 9.97 Å². The molecule has 0 bridgehead atoms. The molecule has 2 aromatic heterocycles. The molecule has 2 heterocycles. The van der Waals surface area contributed by atoms with Crippen molar-refractivity contribution in [2.24, 2.45) is 0 Å². The second-order valence-electron chi connectivity index (χ2n) is 6.14. The number of halogens is 3. The Kier molecular flexibility index (Phi) is 4.79. The first kappa shape index (κ1) is 19.1. The van der Waals surface area contributed by atoms with Crippen molar-refractivity contribution >= 4 is 33.3 Å². The molecular weight excluding hydrogens is 403 g/mol. The number of para-hydroxylation sites is 2. The topological polar surface area (TPSA) is 72.7 Å². The number of rotatable bonds is 4. The molecule has 1 unspecified atom stereocenters.